The lowest BCUT2D eigenvalue weighted by Gasteiger charge is -2.34. The lowest BCUT2D eigenvalue weighted by molar-refractivity contribution is -0.140. The zero-order chi connectivity index (χ0) is 15.2. The number of amides is 1. The molecule has 0 saturated heterocycles. The first kappa shape index (κ1) is 16.5. The van der Waals surface area contributed by atoms with Gasteiger partial charge in [0.05, 0.1) is 7.11 Å². The molecule has 0 saturated carbocycles. The van der Waals surface area contributed by atoms with E-state index < -0.39 is 5.60 Å². The molecule has 0 aliphatic carbocycles. The van der Waals surface area contributed by atoms with E-state index in [4.69, 9.17) is 4.74 Å². The first-order chi connectivity index (χ1) is 9.33. The molecule has 1 unspecified atom stereocenters. The molecule has 0 radical (unpaired) electrons. The predicted molar refractivity (Wildman–Crippen MR) is 76.4 cm³/mol. The summed E-state index contributed by atoms with van der Waals surface area (Å²) in [7, 11) is 1.39. The highest BCUT2D eigenvalue weighted by atomic mass is 16.6. The van der Waals surface area contributed by atoms with Gasteiger partial charge in [0.15, 0.2) is 0 Å². The van der Waals surface area contributed by atoms with Crippen molar-refractivity contribution in [2.24, 2.45) is 0 Å². The van der Waals surface area contributed by atoms with E-state index in [1.165, 1.54) is 7.11 Å². The van der Waals surface area contributed by atoms with Crippen LogP contribution in [0, 0.1) is 0 Å². The van der Waals surface area contributed by atoms with Crippen molar-refractivity contribution in [3.63, 3.8) is 0 Å². The van der Waals surface area contributed by atoms with Gasteiger partial charge in [-0.1, -0.05) is 12.2 Å². The SMILES string of the molecule is COC(=O)CCCC1CC=CCN1C(=O)OC(C)(C)C. The Balaban J connectivity index is 2.52. The molecular weight excluding hydrogens is 258 g/mol. The maximum absolute atomic E-state index is 12.2. The topological polar surface area (TPSA) is 55.8 Å². The molecule has 0 N–H and O–H groups in total. The Labute approximate surface area is 120 Å². The summed E-state index contributed by atoms with van der Waals surface area (Å²) in [6.45, 7) is 6.14. The zero-order valence-electron chi connectivity index (χ0n) is 12.8. The zero-order valence-corrected chi connectivity index (χ0v) is 12.8. The molecule has 1 atom stereocenters. The number of carbonyl (C=O) groups excluding carboxylic acids is 2. The second kappa shape index (κ2) is 7.31. The highest BCUT2D eigenvalue weighted by Crippen LogP contribution is 2.20. The fraction of sp³-hybridized carbons (Fsp3) is 0.733. The predicted octanol–water partition coefficient (Wildman–Crippen LogP) is 2.90. The standard InChI is InChI=1S/C15H25NO4/c1-15(2,3)20-14(18)16-11-6-5-8-12(16)9-7-10-13(17)19-4/h5-6,12H,7-11H2,1-4H3. The minimum Gasteiger partial charge on any atom is -0.469 e. The molecule has 0 spiro atoms. The summed E-state index contributed by atoms with van der Waals surface area (Å²) in [6, 6.07) is 0.0968. The van der Waals surface area contributed by atoms with E-state index in [9.17, 15) is 9.59 Å². The highest BCUT2D eigenvalue weighted by Gasteiger charge is 2.28. The molecule has 0 fully saturated rings. The van der Waals surface area contributed by atoms with Crippen molar-refractivity contribution in [3.8, 4) is 0 Å². The number of esters is 1. The molecule has 0 aromatic heterocycles. The van der Waals surface area contributed by atoms with Gasteiger partial charge in [-0.3, -0.25) is 4.79 Å². The van der Waals surface area contributed by atoms with E-state index in [2.05, 4.69) is 10.8 Å². The molecule has 0 aromatic carbocycles. The van der Waals surface area contributed by atoms with Crippen LogP contribution in [0.5, 0.6) is 0 Å². The fourth-order valence-corrected chi connectivity index (χ4v) is 2.12. The Morgan fingerprint density at radius 1 is 1.30 bits per heavy atom. The second-order valence-corrected chi connectivity index (χ2v) is 5.96. The van der Waals surface area contributed by atoms with Crippen LogP contribution in [-0.2, 0) is 14.3 Å². The fourth-order valence-electron chi connectivity index (χ4n) is 2.12. The number of ether oxygens (including phenoxy) is 2. The third kappa shape index (κ3) is 5.63. The van der Waals surface area contributed by atoms with Gasteiger partial charge in [0.25, 0.3) is 0 Å². The highest BCUT2D eigenvalue weighted by molar-refractivity contribution is 5.69. The largest absolute Gasteiger partial charge is 0.469 e. The molecule has 20 heavy (non-hydrogen) atoms. The number of rotatable bonds is 4. The van der Waals surface area contributed by atoms with Gasteiger partial charge in [-0.25, -0.2) is 4.79 Å². The number of carbonyl (C=O) groups is 2. The summed E-state index contributed by atoms with van der Waals surface area (Å²) in [5.74, 6) is -0.208. The van der Waals surface area contributed by atoms with Gasteiger partial charge in [-0.15, -0.1) is 0 Å². The monoisotopic (exact) mass is 283 g/mol. The summed E-state index contributed by atoms with van der Waals surface area (Å²) >= 11 is 0. The number of methoxy groups -OCH3 is 1. The van der Waals surface area contributed by atoms with Crippen LogP contribution in [0.25, 0.3) is 0 Å². The van der Waals surface area contributed by atoms with Crippen molar-refractivity contribution >= 4 is 12.1 Å². The van der Waals surface area contributed by atoms with Crippen molar-refractivity contribution in [1.29, 1.82) is 0 Å². The molecule has 5 heteroatoms. The number of hydrogen-bond acceptors (Lipinski definition) is 4. The summed E-state index contributed by atoms with van der Waals surface area (Å²) in [5, 5.41) is 0. The normalized spacial score (nSPS) is 18.8. The van der Waals surface area contributed by atoms with Crippen molar-refractivity contribution in [1.82, 2.24) is 4.90 Å². The van der Waals surface area contributed by atoms with E-state index in [0.29, 0.717) is 19.4 Å². The Morgan fingerprint density at radius 3 is 2.60 bits per heavy atom. The van der Waals surface area contributed by atoms with Crippen LogP contribution in [-0.4, -0.2) is 42.3 Å². The van der Waals surface area contributed by atoms with Crippen LogP contribution in [0.4, 0.5) is 4.79 Å². The quantitative estimate of drug-likeness (QED) is 0.588. The second-order valence-electron chi connectivity index (χ2n) is 5.96. The molecule has 1 heterocycles. The van der Waals surface area contributed by atoms with Crippen LogP contribution < -0.4 is 0 Å². The minimum absolute atomic E-state index is 0.0968. The van der Waals surface area contributed by atoms with Crippen molar-refractivity contribution in [3.05, 3.63) is 12.2 Å². The van der Waals surface area contributed by atoms with E-state index >= 15 is 0 Å². The van der Waals surface area contributed by atoms with Gasteiger partial charge in [0, 0.05) is 19.0 Å². The molecular formula is C15H25NO4. The van der Waals surface area contributed by atoms with E-state index in [1.54, 1.807) is 4.90 Å². The average Bonchev–Trinajstić information content (AvgIpc) is 2.37. The molecule has 1 aliphatic rings. The van der Waals surface area contributed by atoms with Crippen molar-refractivity contribution in [2.75, 3.05) is 13.7 Å². The van der Waals surface area contributed by atoms with E-state index in [-0.39, 0.29) is 18.1 Å². The Kier molecular flexibility index (Phi) is 6.05. The number of hydrogen-bond donors (Lipinski definition) is 0. The molecule has 1 amide bonds. The van der Waals surface area contributed by atoms with Crippen LogP contribution in [0.15, 0.2) is 12.2 Å². The Morgan fingerprint density at radius 2 is 2.00 bits per heavy atom. The summed E-state index contributed by atoms with van der Waals surface area (Å²) in [6.07, 6.45) is 6.44. The first-order valence-electron chi connectivity index (χ1n) is 7.05. The van der Waals surface area contributed by atoms with Crippen LogP contribution >= 0.6 is 0 Å². The van der Waals surface area contributed by atoms with Gasteiger partial charge >= 0.3 is 12.1 Å². The molecule has 114 valence electrons. The van der Waals surface area contributed by atoms with Gasteiger partial charge in [0.2, 0.25) is 0 Å². The lowest BCUT2D eigenvalue weighted by Crippen LogP contribution is -2.44. The van der Waals surface area contributed by atoms with Gasteiger partial charge in [-0.05, 0) is 40.0 Å². The molecule has 5 nitrogen and oxygen atoms in total. The van der Waals surface area contributed by atoms with Gasteiger partial charge in [-0.2, -0.15) is 0 Å². The van der Waals surface area contributed by atoms with E-state index in [0.717, 1.165) is 12.8 Å². The minimum atomic E-state index is -0.491. The first-order valence-corrected chi connectivity index (χ1v) is 7.05. The molecule has 1 rings (SSSR count). The Bertz CT molecular complexity index is 371. The van der Waals surface area contributed by atoms with Crippen molar-refractivity contribution < 1.29 is 19.1 Å². The lowest BCUT2D eigenvalue weighted by atomic mass is 10.0. The van der Waals surface area contributed by atoms with Gasteiger partial charge < -0.3 is 14.4 Å². The number of nitrogens with zero attached hydrogens (tertiary/aromatic N) is 1. The Hall–Kier alpha value is -1.52. The average molecular weight is 283 g/mol. The van der Waals surface area contributed by atoms with Crippen molar-refractivity contribution in [2.45, 2.75) is 58.1 Å². The summed E-state index contributed by atoms with van der Waals surface area (Å²) in [5.41, 5.74) is -0.491. The maximum Gasteiger partial charge on any atom is 0.410 e. The third-order valence-electron chi connectivity index (χ3n) is 3.09. The van der Waals surface area contributed by atoms with Crippen LogP contribution in [0.1, 0.15) is 46.5 Å². The molecule has 1 aliphatic heterocycles. The summed E-state index contributed by atoms with van der Waals surface area (Å²) in [4.78, 5) is 25.0. The smallest absolute Gasteiger partial charge is 0.410 e. The van der Waals surface area contributed by atoms with Gasteiger partial charge in [0.1, 0.15) is 5.60 Å². The molecule has 0 bridgehead atoms. The molecule has 0 aromatic rings. The summed E-state index contributed by atoms with van der Waals surface area (Å²) < 4.78 is 10.0. The van der Waals surface area contributed by atoms with Crippen LogP contribution in [0.3, 0.4) is 0 Å². The third-order valence-corrected chi connectivity index (χ3v) is 3.09. The van der Waals surface area contributed by atoms with Crippen LogP contribution in [0.2, 0.25) is 0 Å². The maximum atomic E-state index is 12.2. The van der Waals surface area contributed by atoms with E-state index in [1.807, 2.05) is 26.8 Å².